The molecule has 1 N–H and O–H groups in total. The van der Waals surface area contributed by atoms with E-state index in [0.29, 0.717) is 0 Å². The van der Waals surface area contributed by atoms with Crippen molar-refractivity contribution in [2.75, 3.05) is 19.6 Å². The molecule has 0 amide bonds. The van der Waals surface area contributed by atoms with E-state index >= 15 is 0 Å². The maximum absolute atomic E-state index is 6.07. The van der Waals surface area contributed by atoms with E-state index in [1.54, 1.807) is 0 Å². The summed E-state index contributed by atoms with van der Waals surface area (Å²) in [5.74, 6) is 0. The number of nitrogens with one attached hydrogen (secondary N) is 1. The first-order valence-corrected chi connectivity index (χ1v) is 4.87. The molecule has 1 aromatic rings. The van der Waals surface area contributed by atoms with Gasteiger partial charge in [0.25, 0.3) is 0 Å². The van der Waals surface area contributed by atoms with E-state index in [9.17, 15) is 0 Å². The first-order chi connectivity index (χ1) is 6.38. The molecule has 13 heavy (non-hydrogen) atoms. The van der Waals surface area contributed by atoms with Gasteiger partial charge in [-0.05, 0) is 11.6 Å². The fraction of sp³-hybridized carbons (Fsp3) is 0.400. The second kappa shape index (κ2) is 4.09. The van der Waals surface area contributed by atoms with Crippen molar-refractivity contribution in [3.8, 4) is 0 Å². The lowest BCUT2D eigenvalue weighted by molar-refractivity contribution is 0.421. The van der Waals surface area contributed by atoms with Crippen LogP contribution in [-0.2, 0) is 0 Å². The molecule has 3 heteroatoms. The molecule has 1 fully saturated rings. The van der Waals surface area contributed by atoms with E-state index in [0.717, 1.165) is 30.2 Å². The van der Waals surface area contributed by atoms with Crippen LogP contribution in [0.25, 0.3) is 0 Å². The monoisotopic (exact) mass is 195 g/mol. The largest absolute Gasteiger partial charge is 0.313 e. The zero-order chi connectivity index (χ0) is 9.10. The minimum Gasteiger partial charge on any atom is -0.313 e. The third kappa shape index (κ3) is 2.02. The van der Waals surface area contributed by atoms with Crippen molar-refractivity contribution in [2.45, 2.75) is 6.04 Å². The Hall–Kier alpha value is -0.570. The van der Waals surface area contributed by atoms with Gasteiger partial charge in [-0.25, -0.2) is 5.32 Å². The zero-order valence-electron chi connectivity index (χ0n) is 7.33. The minimum atomic E-state index is 0.238. The predicted molar refractivity (Wildman–Crippen MR) is 54.1 cm³/mol. The molecular weight excluding hydrogens is 184 g/mol. The molecule has 1 saturated heterocycles. The van der Waals surface area contributed by atoms with Crippen LogP contribution >= 0.6 is 11.6 Å². The molecule has 2 rings (SSSR count). The third-order valence-corrected chi connectivity index (χ3v) is 2.58. The number of hydrogen-bond acceptors (Lipinski definition) is 1. The van der Waals surface area contributed by atoms with Crippen molar-refractivity contribution in [1.29, 1.82) is 0 Å². The highest BCUT2D eigenvalue weighted by atomic mass is 35.5. The van der Waals surface area contributed by atoms with Crippen LogP contribution in [0.2, 0.25) is 5.02 Å². The van der Waals surface area contributed by atoms with Crippen molar-refractivity contribution in [2.24, 2.45) is 0 Å². The van der Waals surface area contributed by atoms with Crippen LogP contribution < -0.4 is 10.6 Å². The molecule has 1 aromatic carbocycles. The third-order valence-electron chi connectivity index (χ3n) is 2.24. The van der Waals surface area contributed by atoms with Crippen LogP contribution in [0.15, 0.2) is 24.3 Å². The maximum atomic E-state index is 6.07. The van der Waals surface area contributed by atoms with E-state index in [2.05, 4.69) is 10.6 Å². The summed E-state index contributed by atoms with van der Waals surface area (Å²) in [6.45, 7) is 2.78. The molecule has 69 valence electrons. The topological polar surface area (TPSA) is 26.1 Å². The van der Waals surface area contributed by atoms with Crippen molar-refractivity contribution < 1.29 is 0 Å². The highest BCUT2D eigenvalue weighted by molar-refractivity contribution is 6.31. The lowest BCUT2D eigenvalue weighted by atomic mass is 10.1. The molecule has 0 spiro atoms. The van der Waals surface area contributed by atoms with Crippen LogP contribution in [0.4, 0.5) is 0 Å². The number of benzene rings is 1. The Labute approximate surface area is 83.3 Å². The van der Waals surface area contributed by atoms with Gasteiger partial charge in [-0.1, -0.05) is 29.8 Å². The Bertz CT molecular complexity index is 282. The van der Waals surface area contributed by atoms with Crippen molar-refractivity contribution in [3.05, 3.63) is 34.9 Å². The van der Waals surface area contributed by atoms with Crippen LogP contribution in [0.1, 0.15) is 11.6 Å². The number of hydrogen-bond donors (Lipinski definition) is 1. The average molecular weight is 196 g/mol. The molecule has 1 aliphatic heterocycles. The number of halogens is 1. The van der Waals surface area contributed by atoms with Gasteiger partial charge in [-0.15, -0.1) is 0 Å². The number of piperazine rings is 1. The fourth-order valence-electron chi connectivity index (χ4n) is 1.56. The lowest BCUT2D eigenvalue weighted by Gasteiger charge is -2.23. The van der Waals surface area contributed by atoms with Crippen LogP contribution in [-0.4, -0.2) is 19.6 Å². The summed E-state index contributed by atoms with van der Waals surface area (Å²) >= 11 is 6.07. The molecule has 0 saturated carbocycles. The second-order valence-corrected chi connectivity index (χ2v) is 3.55. The Morgan fingerprint density at radius 2 is 2.23 bits per heavy atom. The molecule has 1 unspecified atom stereocenters. The summed E-state index contributed by atoms with van der Waals surface area (Å²) in [4.78, 5) is 0. The summed E-state index contributed by atoms with van der Waals surface area (Å²) in [5.41, 5.74) is 1.14. The van der Waals surface area contributed by atoms with Crippen LogP contribution in [0.5, 0.6) is 0 Å². The summed E-state index contributed by atoms with van der Waals surface area (Å²) in [6.07, 6.45) is 0. The highest BCUT2D eigenvalue weighted by Gasteiger charge is 2.17. The first kappa shape index (κ1) is 9.00. The van der Waals surface area contributed by atoms with E-state index in [1.807, 2.05) is 24.3 Å². The first-order valence-electron chi connectivity index (χ1n) is 4.49. The van der Waals surface area contributed by atoms with Gasteiger partial charge in [0.2, 0.25) is 0 Å². The summed E-state index contributed by atoms with van der Waals surface area (Å²) in [7, 11) is 0. The highest BCUT2D eigenvalue weighted by Crippen LogP contribution is 2.23. The molecule has 0 aromatic heterocycles. The molecule has 1 atom stereocenters. The number of nitrogens with zero attached hydrogens (tertiary/aromatic N) is 1. The summed E-state index contributed by atoms with van der Waals surface area (Å²) in [6, 6.07) is 8.15. The van der Waals surface area contributed by atoms with Crippen LogP contribution in [0, 0.1) is 0 Å². The smallest absolute Gasteiger partial charge is 0.0635 e. The van der Waals surface area contributed by atoms with Crippen molar-refractivity contribution in [3.63, 3.8) is 0 Å². The molecule has 1 radical (unpaired) electrons. The molecule has 1 heterocycles. The van der Waals surface area contributed by atoms with E-state index < -0.39 is 0 Å². The Balaban J connectivity index is 2.18. The molecule has 0 aliphatic carbocycles. The Morgan fingerprint density at radius 1 is 1.38 bits per heavy atom. The van der Waals surface area contributed by atoms with Gasteiger partial charge in [0.15, 0.2) is 0 Å². The lowest BCUT2D eigenvalue weighted by Crippen LogP contribution is -2.38. The van der Waals surface area contributed by atoms with Gasteiger partial charge in [-0.3, -0.25) is 0 Å². The normalized spacial score (nSPS) is 23.0. The van der Waals surface area contributed by atoms with Crippen LogP contribution in [0.3, 0.4) is 0 Å². The Morgan fingerprint density at radius 3 is 2.92 bits per heavy atom. The average Bonchev–Trinajstić information content (AvgIpc) is 2.20. The molecule has 2 nitrogen and oxygen atoms in total. The Kier molecular flexibility index (Phi) is 2.83. The minimum absolute atomic E-state index is 0.238. The van der Waals surface area contributed by atoms with E-state index in [4.69, 9.17) is 11.6 Å². The zero-order valence-corrected chi connectivity index (χ0v) is 8.09. The van der Waals surface area contributed by atoms with Gasteiger partial charge in [0.05, 0.1) is 6.04 Å². The predicted octanol–water partition coefficient (Wildman–Crippen LogP) is 1.59. The molecule has 0 bridgehead atoms. The van der Waals surface area contributed by atoms with Gasteiger partial charge >= 0.3 is 0 Å². The van der Waals surface area contributed by atoms with Crippen molar-refractivity contribution >= 4 is 11.6 Å². The standard InChI is InChI=1S/C10H12ClN2/c11-9-4-2-1-3-8(9)10-7-12-5-6-13-10/h1-4,10,12H,5-7H2. The van der Waals surface area contributed by atoms with E-state index in [-0.39, 0.29) is 6.04 Å². The van der Waals surface area contributed by atoms with Gasteiger partial charge in [0, 0.05) is 24.7 Å². The van der Waals surface area contributed by atoms with Gasteiger partial charge in [-0.2, -0.15) is 0 Å². The van der Waals surface area contributed by atoms with Crippen molar-refractivity contribution in [1.82, 2.24) is 10.6 Å². The van der Waals surface area contributed by atoms with E-state index in [1.165, 1.54) is 0 Å². The molecule has 1 aliphatic rings. The maximum Gasteiger partial charge on any atom is 0.0635 e. The second-order valence-electron chi connectivity index (χ2n) is 3.15. The quantitative estimate of drug-likeness (QED) is 0.724. The summed E-state index contributed by atoms with van der Waals surface area (Å²) < 4.78 is 0. The number of rotatable bonds is 1. The SMILES string of the molecule is Clc1ccccc1C1CNCC[N]1. The van der Waals surface area contributed by atoms with Gasteiger partial charge < -0.3 is 5.32 Å². The summed E-state index contributed by atoms with van der Waals surface area (Å²) in [5, 5.41) is 8.64. The fourth-order valence-corrected chi connectivity index (χ4v) is 1.82. The van der Waals surface area contributed by atoms with Gasteiger partial charge in [0.1, 0.15) is 0 Å². The molecular formula is C10H12ClN2.